The Labute approximate surface area is 254 Å². The summed E-state index contributed by atoms with van der Waals surface area (Å²) < 4.78 is 34.8. The Morgan fingerprint density at radius 1 is 1.02 bits per heavy atom. The van der Waals surface area contributed by atoms with E-state index in [0.29, 0.717) is 44.5 Å². The summed E-state index contributed by atoms with van der Waals surface area (Å²) >= 11 is 0. The lowest BCUT2D eigenvalue weighted by atomic mass is 9.74. The maximum absolute atomic E-state index is 13.8. The summed E-state index contributed by atoms with van der Waals surface area (Å²) in [6, 6.07) is 16.5. The number of likely N-dealkylation sites (tertiary alicyclic amines) is 1. The Morgan fingerprint density at radius 2 is 1.65 bits per heavy atom. The SMILES string of the molecule is CC(C)OC(=O)NS(=O)(=O)N1CC2(CCN(C(=O)[C@@H](CCCc3ccccc3)NC(=O)C(C)(C)N)CC2)c2ccccc21. The molecule has 1 atom stereocenters. The van der Waals surface area contributed by atoms with Gasteiger partial charge in [-0.25, -0.2) is 9.52 Å². The lowest BCUT2D eigenvalue weighted by Gasteiger charge is -2.41. The smallest absolute Gasteiger partial charge is 0.422 e. The van der Waals surface area contributed by atoms with Crippen LogP contribution < -0.4 is 20.1 Å². The van der Waals surface area contributed by atoms with Crippen molar-refractivity contribution in [2.45, 2.75) is 82.9 Å². The third-order valence-electron chi connectivity index (χ3n) is 8.06. The van der Waals surface area contributed by atoms with E-state index in [1.807, 2.05) is 47.2 Å². The van der Waals surface area contributed by atoms with E-state index >= 15 is 0 Å². The van der Waals surface area contributed by atoms with Gasteiger partial charge in [-0.1, -0.05) is 48.5 Å². The highest BCUT2D eigenvalue weighted by Gasteiger charge is 2.49. The predicted octanol–water partition coefficient (Wildman–Crippen LogP) is 2.99. The van der Waals surface area contributed by atoms with Gasteiger partial charge in [0.1, 0.15) is 6.04 Å². The van der Waals surface area contributed by atoms with E-state index in [4.69, 9.17) is 10.5 Å². The molecule has 3 amide bonds. The fourth-order valence-corrected chi connectivity index (χ4v) is 6.96. The molecule has 12 heteroatoms. The topological polar surface area (TPSA) is 151 Å². The summed E-state index contributed by atoms with van der Waals surface area (Å²) in [5.74, 6) is -0.567. The molecule has 11 nitrogen and oxygen atoms in total. The summed E-state index contributed by atoms with van der Waals surface area (Å²) in [5.41, 5.74) is 6.88. The Kier molecular flexibility index (Phi) is 9.70. The monoisotopic (exact) mass is 613 g/mol. The second-order valence-electron chi connectivity index (χ2n) is 12.3. The zero-order valence-electron chi connectivity index (χ0n) is 25.3. The van der Waals surface area contributed by atoms with Crippen LogP contribution in [0.5, 0.6) is 0 Å². The molecule has 2 heterocycles. The lowest BCUT2D eigenvalue weighted by molar-refractivity contribution is -0.139. The molecule has 2 aliphatic rings. The number of hydrogen-bond acceptors (Lipinski definition) is 7. The van der Waals surface area contributed by atoms with Gasteiger partial charge < -0.3 is 20.7 Å². The number of hydrogen-bond donors (Lipinski definition) is 3. The molecular formula is C31H43N5O6S. The number of rotatable bonds is 10. The highest BCUT2D eigenvalue weighted by molar-refractivity contribution is 7.91. The number of anilines is 1. The lowest BCUT2D eigenvalue weighted by Crippen LogP contribution is -2.58. The van der Waals surface area contributed by atoms with E-state index < -0.39 is 45.3 Å². The van der Waals surface area contributed by atoms with E-state index in [2.05, 4.69) is 5.32 Å². The highest BCUT2D eigenvalue weighted by Crippen LogP contribution is 2.47. The molecule has 0 aromatic heterocycles. The summed E-state index contributed by atoms with van der Waals surface area (Å²) in [4.78, 5) is 40.5. The molecule has 234 valence electrons. The van der Waals surface area contributed by atoms with Gasteiger partial charge in [-0.2, -0.15) is 8.42 Å². The van der Waals surface area contributed by atoms with Crippen molar-refractivity contribution in [2.24, 2.45) is 5.73 Å². The first-order valence-corrected chi connectivity index (χ1v) is 16.2. The van der Waals surface area contributed by atoms with E-state index in [1.54, 1.807) is 44.7 Å². The second-order valence-corrected chi connectivity index (χ2v) is 13.9. The number of para-hydroxylation sites is 1. The van der Waals surface area contributed by atoms with Crippen LogP contribution in [0.25, 0.3) is 0 Å². The molecule has 0 radical (unpaired) electrons. The van der Waals surface area contributed by atoms with Gasteiger partial charge >= 0.3 is 16.3 Å². The van der Waals surface area contributed by atoms with Crippen molar-refractivity contribution >= 4 is 33.8 Å². The van der Waals surface area contributed by atoms with Gasteiger partial charge in [-0.05, 0) is 77.0 Å². The Bertz CT molecular complexity index is 1420. The third-order valence-corrected chi connectivity index (χ3v) is 9.39. The van der Waals surface area contributed by atoms with E-state index in [-0.39, 0.29) is 12.5 Å². The van der Waals surface area contributed by atoms with Crippen LogP contribution >= 0.6 is 0 Å². The number of carbonyl (C=O) groups excluding carboxylic acids is 3. The molecule has 1 fully saturated rings. The summed E-state index contributed by atoms with van der Waals surface area (Å²) in [6.07, 6.45) is 1.47. The first kappa shape index (κ1) is 32.3. The Morgan fingerprint density at radius 3 is 2.28 bits per heavy atom. The highest BCUT2D eigenvalue weighted by atomic mass is 32.2. The van der Waals surface area contributed by atoms with Crippen LogP contribution in [0.4, 0.5) is 10.5 Å². The van der Waals surface area contributed by atoms with Gasteiger partial charge in [0.15, 0.2) is 0 Å². The standard InChI is InChI=1S/C31H43N5O6S/c1-22(2)42-29(39)34-43(40,41)36-21-31(24-14-8-9-16-26(24)36)17-19-35(20-18-31)27(37)25(33-28(38)30(3,4)32)15-10-13-23-11-6-5-7-12-23/h5-9,11-12,14,16,22,25H,10,13,15,17-21,32H2,1-4H3,(H,33,38)(H,34,39)/t25-/m1/s1. The zero-order valence-corrected chi connectivity index (χ0v) is 26.2. The first-order chi connectivity index (χ1) is 20.2. The number of nitrogens with two attached hydrogens (primary N) is 1. The minimum Gasteiger partial charge on any atom is -0.446 e. The minimum atomic E-state index is -4.23. The number of amides is 3. The van der Waals surface area contributed by atoms with Crippen molar-refractivity contribution < 1.29 is 27.5 Å². The van der Waals surface area contributed by atoms with Crippen LogP contribution in [0.15, 0.2) is 54.6 Å². The maximum atomic E-state index is 13.8. The van der Waals surface area contributed by atoms with Crippen molar-refractivity contribution in [3.05, 3.63) is 65.7 Å². The average molecular weight is 614 g/mol. The molecule has 1 spiro atoms. The number of piperidine rings is 1. The van der Waals surface area contributed by atoms with Crippen molar-refractivity contribution in [2.75, 3.05) is 23.9 Å². The van der Waals surface area contributed by atoms with Gasteiger partial charge in [0.2, 0.25) is 11.8 Å². The van der Waals surface area contributed by atoms with Crippen LogP contribution in [-0.2, 0) is 36.4 Å². The number of nitrogens with one attached hydrogen (secondary N) is 2. The predicted molar refractivity (Wildman–Crippen MR) is 165 cm³/mol. The number of nitrogens with zero attached hydrogens (tertiary/aromatic N) is 2. The van der Waals surface area contributed by atoms with Crippen LogP contribution in [-0.4, -0.2) is 68.5 Å². The Hall–Kier alpha value is -3.64. The minimum absolute atomic E-state index is 0.136. The van der Waals surface area contributed by atoms with Crippen LogP contribution in [0.1, 0.15) is 64.5 Å². The molecule has 2 aromatic carbocycles. The van der Waals surface area contributed by atoms with E-state index in [0.717, 1.165) is 17.5 Å². The quantitative estimate of drug-likeness (QED) is 0.373. The maximum Gasteiger partial charge on any atom is 0.422 e. The van der Waals surface area contributed by atoms with Crippen molar-refractivity contribution in [1.82, 2.24) is 14.9 Å². The molecule has 0 unspecified atom stereocenters. The summed E-state index contributed by atoms with van der Waals surface area (Å²) in [6.45, 7) is 7.40. The van der Waals surface area contributed by atoms with Crippen molar-refractivity contribution in [3.63, 3.8) is 0 Å². The number of ether oxygens (including phenoxy) is 1. The second kappa shape index (κ2) is 12.9. The molecule has 2 aliphatic heterocycles. The molecule has 4 rings (SSSR count). The van der Waals surface area contributed by atoms with Gasteiger partial charge in [-0.3, -0.25) is 13.9 Å². The van der Waals surface area contributed by atoms with Gasteiger partial charge in [0, 0.05) is 25.0 Å². The molecule has 1 saturated heterocycles. The van der Waals surface area contributed by atoms with Gasteiger partial charge in [0.05, 0.1) is 17.3 Å². The molecule has 0 aliphatic carbocycles. The summed E-state index contributed by atoms with van der Waals surface area (Å²) in [7, 11) is -4.23. The van der Waals surface area contributed by atoms with Crippen molar-refractivity contribution in [1.29, 1.82) is 0 Å². The van der Waals surface area contributed by atoms with E-state index in [1.165, 1.54) is 4.31 Å². The largest absolute Gasteiger partial charge is 0.446 e. The van der Waals surface area contributed by atoms with Crippen LogP contribution in [0, 0.1) is 0 Å². The molecular weight excluding hydrogens is 570 g/mol. The fraction of sp³-hybridized carbons (Fsp3) is 0.516. The van der Waals surface area contributed by atoms with E-state index in [9.17, 15) is 22.8 Å². The van der Waals surface area contributed by atoms with Crippen LogP contribution in [0.2, 0.25) is 0 Å². The van der Waals surface area contributed by atoms with Gasteiger partial charge in [0.25, 0.3) is 0 Å². The molecule has 2 aromatic rings. The zero-order chi connectivity index (χ0) is 31.4. The third kappa shape index (κ3) is 7.66. The molecule has 0 saturated carbocycles. The van der Waals surface area contributed by atoms with Gasteiger partial charge in [-0.15, -0.1) is 0 Å². The summed E-state index contributed by atoms with van der Waals surface area (Å²) in [5, 5.41) is 2.88. The number of fused-ring (bicyclic) bond motifs is 2. The molecule has 0 bridgehead atoms. The number of aryl methyl sites for hydroxylation is 1. The Balaban J connectivity index is 1.47. The normalized spacial score (nSPS) is 17.0. The first-order valence-electron chi connectivity index (χ1n) is 14.7. The number of benzene rings is 2. The fourth-order valence-electron chi connectivity index (χ4n) is 5.76. The number of carbonyl (C=O) groups is 3. The molecule has 4 N–H and O–H groups in total. The van der Waals surface area contributed by atoms with Crippen LogP contribution in [0.3, 0.4) is 0 Å². The molecule has 43 heavy (non-hydrogen) atoms. The van der Waals surface area contributed by atoms with Crippen molar-refractivity contribution in [3.8, 4) is 0 Å². The average Bonchev–Trinajstić information content (AvgIpc) is 3.26.